The normalized spacial score (nSPS) is 23.9. The molecule has 1 saturated heterocycles. The van der Waals surface area contributed by atoms with Gasteiger partial charge in [-0.15, -0.1) is 0 Å². The summed E-state index contributed by atoms with van der Waals surface area (Å²) in [7, 11) is -2.64. The van der Waals surface area contributed by atoms with E-state index in [2.05, 4.69) is 18.7 Å². The molecular formula is C21H31F2N3O3S. The highest BCUT2D eigenvalue weighted by molar-refractivity contribution is 7.89. The molecule has 30 heavy (non-hydrogen) atoms. The average Bonchev–Trinajstić information content (AvgIpc) is 2.72. The van der Waals surface area contributed by atoms with Crippen LogP contribution in [0.15, 0.2) is 23.1 Å². The molecule has 1 aliphatic heterocycles. The van der Waals surface area contributed by atoms with Gasteiger partial charge in [-0.05, 0) is 51.7 Å². The van der Waals surface area contributed by atoms with Gasteiger partial charge < -0.3 is 4.90 Å². The smallest absolute Gasteiger partial charge is 0.245 e. The maximum atomic E-state index is 14.0. The molecule has 0 unspecified atom stereocenters. The van der Waals surface area contributed by atoms with Gasteiger partial charge in [0.1, 0.15) is 16.5 Å². The molecule has 1 aromatic rings. The maximum Gasteiger partial charge on any atom is 0.245 e. The average molecular weight is 444 g/mol. The minimum atomic E-state index is -4.07. The van der Waals surface area contributed by atoms with Crippen LogP contribution in [0.1, 0.15) is 39.5 Å². The number of sulfonamides is 1. The number of piperazine rings is 1. The van der Waals surface area contributed by atoms with Crippen molar-refractivity contribution in [3.8, 4) is 0 Å². The molecule has 1 aromatic carbocycles. The molecule has 1 aliphatic carbocycles. The number of rotatable bonds is 5. The monoisotopic (exact) mass is 443 g/mol. The van der Waals surface area contributed by atoms with Crippen LogP contribution in [0.3, 0.4) is 0 Å². The molecule has 2 fully saturated rings. The van der Waals surface area contributed by atoms with Gasteiger partial charge in [-0.25, -0.2) is 17.2 Å². The molecule has 2 aliphatic rings. The van der Waals surface area contributed by atoms with E-state index in [1.54, 1.807) is 0 Å². The SMILES string of the molecule is CC(C)N1CCN(C(=O)[C@H]2CC[C@H](N(C)S(=O)(=O)c3ccc(F)cc3F)CC2)CC1. The zero-order valence-corrected chi connectivity index (χ0v) is 18.7. The van der Waals surface area contributed by atoms with Gasteiger partial charge in [0.15, 0.2) is 0 Å². The lowest BCUT2D eigenvalue weighted by molar-refractivity contribution is -0.138. The second-order valence-corrected chi connectivity index (χ2v) is 10.5. The number of carbonyl (C=O) groups excluding carboxylic acids is 1. The molecule has 1 amide bonds. The third kappa shape index (κ3) is 4.84. The van der Waals surface area contributed by atoms with Crippen molar-refractivity contribution in [1.82, 2.24) is 14.1 Å². The predicted molar refractivity (Wildman–Crippen MR) is 110 cm³/mol. The molecule has 0 aromatic heterocycles. The van der Waals surface area contributed by atoms with E-state index in [1.165, 1.54) is 11.4 Å². The molecule has 168 valence electrons. The molecule has 0 radical (unpaired) electrons. The Hall–Kier alpha value is -1.58. The third-order valence-corrected chi connectivity index (χ3v) is 8.41. The first-order valence-corrected chi connectivity index (χ1v) is 12.0. The first kappa shape index (κ1) is 23.1. The van der Waals surface area contributed by atoms with Gasteiger partial charge >= 0.3 is 0 Å². The highest BCUT2D eigenvalue weighted by Gasteiger charge is 2.36. The molecule has 0 N–H and O–H groups in total. The Labute approximate surface area is 177 Å². The van der Waals surface area contributed by atoms with Gasteiger partial charge in [-0.1, -0.05) is 0 Å². The van der Waals surface area contributed by atoms with E-state index in [0.717, 1.165) is 38.3 Å². The van der Waals surface area contributed by atoms with Crippen molar-refractivity contribution in [2.45, 2.75) is 56.5 Å². The summed E-state index contributed by atoms with van der Waals surface area (Å²) in [6.45, 7) is 7.53. The van der Waals surface area contributed by atoms with Crippen LogP contribution in [0.25, 0.3) is 0 Å². The Morgan fingerprint density at radius 3 is 2.20 bits per heavy atom. The summed E-state index contributed by atoms with van der Waals surface area (Å²) < 4.78 is 53.9. The standard InChI is InChI=1S/C21H31F2N3O3S/c1-15(2)25-10-12-26(13-11-25)21(27)16-4-7-18(8-5-16)24(3)30(28,29)20-9-6-17(22)14-19(20)23/h6,9,14-16,18H,4-5,7-8,10-13H2,1-3H3/t16-,18-. The summed E-state index contributed by atoms with van der Waals surface area (Å²) in [5.74, 6) is -1.84. The summed E-state index contributed by atoms with van der Waals surface area (Å²) in [5.41, 5.74) is 0. The summed E-state index contributed by atoms with van der Waals surface area (Å²) >= 11 is 0. The van der Waals surface area contributed by atoms with Gasteiger partial charge in [-0.2, -0.15) is 4.31 Å². The first-order valence-electron chi connectivity index (χ1n) is 10.6. The first-order chi connectivity index (χ1) is 14.1. The third-order valence-electron chi connectivity index (χ3n) is 6.47. The Morgan fingerprint density at radius 1 is 1.07 bits per heavy atom. The van der Waals surface area contributed by atoms with Crippen LogP contribution in [-0.4, -0.2) is 73.7 Å². The number of amides is 1. The molecule has 0 spiro atoms. The van der Waals surface area contributed by atoms with Gasteiger partial charge in [0.05, 0.1) is 0 Å². The number of hydrogen-bond acceptors (Lipinski definition) is 4. The fourth-order valence-corrected chi connectivity index (χ4v) is 5.90. The van der Waals surface area contributed by atoms with E-state index in [0.29, 0.717) is 37.8 Å². The van der Waals surface area contributed by atoms with Gasteiger partial charge in [0, 0.05) is 57.3 Å². The Kier molecular flexibility index (Phi) is 7.14. The van der Waals surface area contributed by atoms with Crippen LogP contribution in [0.2, 0.25) is 0 Å². The zero-order chi connectivity index (χ0) is 22.1. The molecule has 9 heteroatoms. The Morgan fingerprint density at radius 2 is 1.67 bits per heavy atom. The highest BCUT2D eigenvalue weighted by Crippen LogP contribution is 2.32. The molecule has 1 saturated carbocycles. The largest absolute Gasteiger partial charge is 0.340 e. The van der Waals surface area contributed by atoms with Crippen molar-refractivity contribution in [3.05, 3.63) is 29.8 Å². The van der Waals surface area contributed by atoms with Crippen molar-refractivity contribution in [3.63, 3.8) is 0 Å². The van der Waals surface area contributed by atoms with Crippen molar-refractivity contribution >= 4 is 15.9 Å². The lowest BCUT2D eigenvalue weighted by Crippen LogP contribution is -2.52. The van der Waals surface area contributed by atoms with Crippen LogP contribution in [0, 0.1) is 17.6 Å². The van der Waals surface area contributed by atoms with E-state index in [1.807, 2.05) is 4.90 Å². The Balaban J connectivity index is 1.58. The van der Waals surface area contributed by atoms with Crippen LogP contribution < -0.4 is 0 Å². The van der Waals surface area contributed by atoms with Crippen LogP contribution >= 0.6 is 0 Å². The number of halogens is 2. The number of carbonyl (C=O) groups is 1. The van der Waals surface area contributed by atoms with Gasteiger partial charge in [0.25, 0.3) is 0 Å². The second kappa shape index (κ2) is 9.28. The van der Waals surface area contributed by atoms with E-state index in [4.69, 9.17) is 0 Å². The molecule has 0 atom stereocenters. The summed E-state index contributed by atoms with van der Waals surface area (Å²) in [4.78, 5) is 16.7. The minimum Gasteiger partial charge on any atom is -0.340 e. The molecule has 1 heterocycles. The fraction of sp³-hybridized carbons (Fsp3) is 0.667. The van der Waals surface area contributed by atoms with Crippen molar-refractivity contribution in [2.75, 3.05) is 33.2 Å². The van der Waals surface area contributed by atoms with Crippen molar-refractivity contribution < 1.29 is 22.0 Å². The summed E-state index contributed by atoms with van der Waals surface area (Å²) in [5, 5.41) is 0. The second-order valence-electron chi connectivity index (χ2n) is 8.56. The predicted octanol–water partition coefficient (Wildman–Crippen LogP) is 2.70. The minimum absolute atomic E-state index is 0.0921. The molecule has 6 nitrogen and oxygen atoms in total. The molecular weight excluding hydrogens is 412 g/mol. The highest BCUT2D eigenvalue weighted by atomic mass is 32.2. The molecule has 3 rings (SSSR count). The molecule has 0 bridgehead atoms. The summed E-state index contributed by atoms with van der Waals surface area (Å²) in [6.07, 6.45) is 2.31. The van der Waals surface area contributed by atoms with Gasteiger partial charge in [0.2, 0.25) is 15.9 Å². The van der Waals surface area contributed by atoms with Crippen molar-refractivity contribution in [2.24, 2.45) is 5.92 Å². The zero-order valence-electron chi connectivity index (χ0n) is 17.9. The quantitative estimate of drug-likeness (QED) is 0.702. The van der Waals surface area contributed by atoms with Crippen LogP contribution in [0.4, 0.5) is 8.78 Å². The van der Waals surface area contributed by atoms with E-state index in [9.17, 15) is 22.0 Å². The lowest BCUT2D eigenvalue weighted by atomic mass is 9.85. The topological polar surface area (TPSA) is 60.9 Å². The van der Waals surface area contributed by atoms with E-state index in [-0.39, 0.29) is 17.9 Å². The summed E-state index contributed by atoms with van der Waals surface area (Å²) in [6, 6.07) is 2.65. The maximum absolute atomic E-state index is 14.0. The van der Waals surface area contributed by atoms with Gasteiger partial charge in [-0.3, -0.25) is 9.69 Å². The number of nitrogens with zero attached hydrogens (tertiary/aromatic N) is 3. The Bertz CT molecular complexity index is 862. The van der Waals surface area contributed by atoms with E-state index < -0.39 is 26.6 Å². The fourth-order valence-electron chi connectivity index (χ4n) is 4.44. The lowest BCUT2D eigenvalue weighted by Gasteiger charge is -2.40. The van der Waals surface area contributed by atoms with Crippen LogP contribution in [0.5, 0.6) is 0 Å². The van der Waals surface area contributed by atoms with Crippen LogP contribution in [-0.2, 0) is 14.8 Å². The number of hydrogen-bond donors (Lipinski definition) is 0. The van der Waals surface area contributed by atoms with Crippen molar-refractivity contribution in [1.29, 1.82) is 0 Å². The number of benzene rings is 1. The van der Waals surface area contributed by atoms with E-state index >= 15 is 0 Å².